The number of carbonyl (C=O) groups is 1. The second kappa shape index (κ2) is 7.60. The van der Waals surface area contributed by atoms with E-state index in [9.17, 15) is 13.4 Å². The Kier molecular flexibility index (Phi) is 5.27. The second-order valence-electron chi connectivity index (χ2n) is 5.47. The number of aromatic nitrogens is 3. The maximum absolute atomic E-state index is 14.5. The predicted octanol–water partition coefficient (Wildman–Crippen LogP) is 0.831. The number of amides is 1. The number of nitrogens with zero attached hydrogens (tertiary/aromatic N) is 4. The number of ether oxygens (including phenoxy) is 1. The van der Waals surface area contributed by atoms with E-state index in [1.165, 1.54) is 17.9 Å². The second-order valence-corrected chi connectivity index (χ2v) is 7.17. The molecule has 8 nitrogen and oxygen atoms in total. The molecule has 1 aliphatic rings. The van der Waals surface area contributed by atoms with Crippen LogP contribution in [-0.2, 0) is 22.1 Å². The first-order valence-electron chi connectivity index (χ1n) is 7.69. The largest absolute Gasteiger partial charge is 0.453 e. The molecule has 0 unspecified atom stereocenters. The first-order chi connectivity index (χ1) is 12.1. The quantitative estimate of drug-likeness (QED) is 0.861. The topological polar surface area (TPSA) is 89.4 Å². The summed E-state index contributed by atoms with van der Waals surface area (Å²) in [6, 6.07) is 4.82. The van der Waals surface area contributed by atoms with E-state index in [0.29, 0.717) is 41.7 Å². The van der Waals surface area contributed by atoms with Crippen molar-refractivity contribution in [2.75, 3.05) is 36.6 Å². The summed E-state index contributed by atoms with van der Waals surface area (Å²) < 4.78 is 31.8. The number of alkyl carbamates (subject to hydrolysis) is 1. The molecule has 0 bridgehead atoms. The highest BCUT2D eigenvalue weighted by atomic mass is 32.2. The number of hydrogen-bond acceptors (Lipinski definition) is 6. The number of methoxy groups -OCH3 is 1. The van der Waals surface area contributed by atoms with Crippen molar-refractivity contribution in [2.45, 2.75) is 6.54 Å². The molecule has 0 spiro atoms. The van der Waals surface area contributed by atoms with Gasteiger partial charge in [0.1, 0.15) is 11.5 Å². The van der Waals surface area contributed by atoms with Crippen molar-refractivity contribution in [3.05, 3.63) is 35.9 Å². The van der Waals surface area contributed by atoms with Gasteiger partial charge in [0.05, 0.1) is 31.2 Å². The molecule has 0 atom stereocenters. The highest BCUT2D eigenvalue weighted by Crippen LogP contribution is 2.23. The van der Waals surface area contributed by atoms with E-state index in [-0.39, 0.29) is 12.4 Å². The van der Waals surface area contributed by atoms with E-state index in [4.69, 9.17) is 0 Å². The molecule has 1 saturated heterocycles. The number of rotatable bonds is 4. The predicted molar refractivity (Wildman–Crippen MR) is 90.7 cm³/mol. The first kappa shape index (κ1) is 17.3. The van der Waals surface area contributed by atoms with Crippen molar-refractivity contribution in [2.24, 2.45) is 0 Å². The number of carbonyl (C=O) groups excluding carboxylic acids is 1. The van der Waals surface area contributed by atoms with Gasteiger partial charge in [-0.2, -0.15) is 0 Å². The van der Waals surface area contributed by atoms with Gasteiger partial charge in [-0.15, -0.1) is 5.10 Å². The lowest BCUT2D eigenvalue weighted by molar-refractivity contribution is 0.170. The summed E-state index contributed by atoms with van der Waals surface area (Å²) in [6.07, 6.45) is 1.04. The third-order valence-electron chi connectivity index (χ3n) is 3.85. The molecular formula is C15H18FN5O3S. The van der Waals surface area contributed by atoms with Crippen LogP contribution in [0.5, 0.6) is 0 Å². The fraction of sp³-hybridized carbons (Fsp3) is 0.400. The van der Waals surface area contributed by atoms with Gasteiger partial charge < -0.3 is 15.0 Å². The minimum atomic E-state index is -0.804. The number of nitrogens with one attached hydrogen (secondary N) is 1. The van der Waals surface area contributed by atoms with Crippen LogP contribution in [0.15, 0.2) is 24.4 Å². The Hall–Kier alpha value is -2.49. The molecule has 3 rings (SSSR count). The smallest absolute Gasteiger partial charge is 0.407 e. The monoisotopic (exact) mass is 367 g/mol. The average Bonchev–Trinajstić information content (AvgIpc) is 3.09. The Labute approximate surface area is 146 Å². The molecule has 0 aliphatic carbocycles. The maximum Gasteiger partial charge on any atom is 0.407 e. The van der Waals surface area contributed by atoms with Crippen LogP contribution in [-0.4, -0.2) is 57.0 Å². The molecule has 1 aromatic heterocycles. The van der Waals surface area contributed by atoms with E-state index < -0.39 is 16.9 Å². The Morgan fingerprint density at radius 3 is 2.84 bits per heavy atom. The summed E-state index contributed by atoms with van der Waals surface area (Å²) in [6.45, 7) is 1.32. The lowest BCUT2D eigenvalue weighted by Crippen LogP contribution is -2.38. The molecule has 1 N–H and O–H groups in total. The van der Waals surface area contributed by atoms with Crippen LogP contribution in [0.25, 0.3) is 5.69 Å². The number of halogens is 1. The van der Waals surface area contributed by atoms with Crippen LogP contribution in [0.3, 0.4) is 0 Å². The Balaban J connectivity index is 1.71. The molecule has 1 aromatic carbocycles. The summed E-state index contributed by atoms with van der Waals surface area (Å²) >= 11 is 0. The van der Waals surface area contributed by atoms with Crippen LogP contribution >= 0.6 is 0 Å². The number of hydrogen-bond donors (Lipinski definition) is 1. The van der Waals surface area contributed by atoms with Crippen LogP contribution in [0, 0.1) is 5.82 Å². The van der Waals surface area contributed by atoms with E-state index in [1.54, 1.807) is 18.3 Å². The fourth-order valence-electron chi connectivity index (χ4n) is 2.51. The third-order valence-corrected chi connectivity index (χ3v) is 5.13. The highest BCUT2D eigenvalue weighted by Gasteiger charge is 2.19. The number of anilines is 1. The zero-order valence-electron chi connectivity index (χ0n) is 13.6. The van der Waals surface area contributed by atoms with E-state index in [0.717, 1.165) is 0 Å². The summed E-state index contributed by atoms with van der Waals surface area (Å²) in [5.41, 5.74) is 1.54. The summed E-state index contributed by atoms with van der Waals surface area (Å²) in [7, 11) is 0.470. The lowest BCUT2D eigenvalue weighted by Gasteiger charge is -2.28. The average molecular weight is 367 g/mol. The van der Waals surface area contributed by atoms with Gasteiger partial charge in [0, 0.05) is 41.5 Å². The third kappa shape index (κ3) is 4.13. The Morgan fingerprint density at radius 2 is 2.16 bits per heavy atom. The molecule has 1 fully saturated rings. The van der Waals surface area contributed by atoms with Gasteiger partial charge in [0.2, 0.25) is 0 Å². The summed E-state index contributed by atoms with van der Waals surface area (Å²) in [5.74, 6) is 0.747. The van der Waals surface area contributed by atoms with Crippen molar-refractivity contribution in [3.63, 3.8) is 0 Å². The van der Waals surface area contributed by atoms with Gasteiger partial charge in [-0.25, -0.2) is 13.9 Å². The van der Waals surface area contributed by atoms with E-state index >= 15 is 0 Å². The molecule has 1 amide bonds. The minimum Gasteiger partial charge on any atom is -0.453 e. The molecule has 2 aromatic rings. The van der Waals surface area contributed by atoms with Crippen molar-refractivity contribution < 1.29 is 18.1 Å². The summed E-state index contributed by atoms with van der Waals surface area (Å²) in [4.78, 5) is 12.9. The van der Waals surface area contributed by atoms with Crippen LogP contribution in [0.2, 0.25) is 0 Å². The summed E-state index contributed by atoms with van der Waals surface area (Å²) in [5, 5.41) is 10.4. The van der Waals surface area contributed by atoms with Gasteiger partial charge in [-0.3, -0.25) is 4.21 Å². The highest BCUT2D eigenvalue weighted by molar-refractivity contribution is 7.85. The van der Waals surface area contributed by atoms with Gasteiger partial charge in [0.15, 0.2) is 0 Å². The first-order valence-corrected chi connectivity index (χ1v) is 9.18. The zero-order valence-corrected chi connectivity index (χ0v) is 14.5. The Bertz CT molecular complexity index is 787. The Morgan fingerprint density at radius 1 is 1.40 bits per heavy atom. The molecule has 25 heavy (non-hydrogen) atoms. The van der Waals surface area contributed by atoms with E-state index in [2.05, 4.69) is 20.4 Å². The van der Waals surface area contributed by atoms with Crippen LogP contribution < -0.4 is 10.2 Å². The molecule has 2 heterocycles. The maximum atomic E-state index is 14.5. The molecule has 10 heteroatoms. The lowest BCUT2D eigenvalue weighted by atomic mass is 10.2. The number of benzene rings is 1. The molecule has 0 saturated carbocycles. The van der Waals surface area contributed by atoms with Crippen LogP contribution in [0.1, 0.15) is 5.69 Å². The van der Waals surface area contributed by atoms with Gasteiger partial charge in [-0.05, 0) is 12.1 Å². The molecular weight excluding hydrogens is 349 g/mol. The van der Waals surface area contributed by atoms with Crippen LogP contribution in [0.4, 0.5) is 14.9 Å². The molecule has 1 aliphatic heterocycles. The fourth-order valence-corrected chi connectivity index (χ4v) is 3.57. The SMILES string of the molecule is COC(=O)NCc1cn(-c2ccc(N3CCS(=O)CC3)c(F)c2)nn1. The minimum absolute atomic E-state index is 0.165. The normalized spacial score (nSPS) is 15.2. The van der Waals surface area contributed by atoms with Crippen molar-refractivity contribution in [1.82, 2.24) is 20.3 Å². The van der Waals surface area contributed by atoms with Crippen molar-refractivity contribution in [3.8, 4) is 5.69 Å². The van der Waals surface area contributed by atoms with Gasteiger partial charge in [0.25, 0.3) is 0 Å². The van der Waals surface area contributed by atoms with Gasteiger partial charge >= 0.3 is 6.09 Å². The van der Waals surface area contributed by atoms with Crippen molar-refractivity contribution in [1.29, 1.82) is 0 Å². The van der Waals surface area contributed by atoms with Gasteiger partial charge in [-0.1, -0.05) is 5.21 Å². The zero-order chi connectivity index (χ0) is 17.8. The van der Waals surface area contributed by atoms with E-state index in [1.807, 2.05) is 4.90 Å². The van der Waals surface area contributed by atoms with Crippen molar-refractivity contribution >= 4 is 22.6 Å². The molecule has 134 valence electrons. The molecule has 0 radical (unpaired) electrons. The standard InChI is InChI=1S/C15H18FN5O3S/c1-24-15(22)17-9-11-10-21(19-18-11)12-2-3-14(13(16)8-12)20-4-6-25(23)7-5-20/h2-3,8,10H,4-7,9H2,1H3,(H,17,22).